The van der Waals surface area contributed by atoms with Gasteiger partial charge in [0.25, 0.3) is 0 Å². The second-order valence-electron chi connectivity index (χ2n) is 8.13. The lowest BCUT2D eigenvalue weighted by atomic mass is 10.0. The molecule has 0 atom stereocenters. The zero-order chi connectivity index (χ0) is 22.1. The van der Waals surface area contributed by atoms with Crippen molar-refractivity contribution in [1.82, 2.24) is 0 Å². The summed E-state index contributed by atoms with van der Waals surface area (Å²) in [6, 6.07) is 18.5. The van der Waals surface area contributed by atoms with Crippen molar-refractivity contribution in [1.29, 1.82) is 0 Å². The smallest absolute Gasteiger partial charge is 0.343 e. The number of carbonyl (C=O) groups excluding carboxylic acids is 2. The second-order valence-corrected chi connectivity index (χ2v) is 8.13. The molecule has 31 heavy (non-hydrogen) atoms. The van der Waals surface area contributed by atoms with Gasteiger partial charge < -0.3 is 9.47 Å². The fraction of sp³-hybridized carbons (Fsp3) is 0.185. The maximum Gasteiger partial charge on any atom is 0.343 e. The van der Waals surface area contributed by atoms with Crippen LogP contribution in [0.5, 0.6) is 11.5 Å². The molecule has 4 heteroatoms. The van der Waals surface area contributed by atoms with Gasteiger partial charge in [0, 0.05) is 6.07 Å². The molecular formula is C27H24O4. The molecule has 0 bridgehead atoms. The van der Waals surface area contributed by atoms with Crippen LogP contribution in [0.25, 0.3) is 6.08 Å². The molecule has 1 heterocycles. The van der Waals surface area contributed by atoms with Gasteiger partial charge in [-0.15, -0.1) is 0 Å². The summed E-state index contributed by atoms with van der Waals surface area (Å²) in [5.74, 6) is 0.830. The average molecular weight is 412 g/mol. The van der Waals surface area contributed by atoms with Crippen molar-refractivity contribution in [2.24, 2.45) is 0 Å². The minimum Gasteiger partial charge on any atom is -0.452 e. The van der Waals surface area contributed by atoms with E-state index in [4.69, 9.17) is 9.47 Å². The highest BCUT2D eigenvalue weighted by Gasteiger charge is 2.30. The van der Waals surface area contributed by atoms with Crippen LogP contribution >= 0.6 is 0 Å². The zero-order valence-electron chi connectivity index (χ0n) is 18.1. The number of benzene rings is 3. The van der Waals surface area contributed by atoms with Crippen molar-refractivity contribution in [3.63, 3.8) is 0 Å². The van der Waals surface area contributed by atoms with Crippen LogP contribution in [0, 0.1) is 13.8 Å². The van der Waals surface area contributed by atoms with Crippen LogP contribution in [0.3, 0.4) is 0 Å². The number of carbonyl (C=O) groups is 2. The Kier molecular flexibility index (Phi) is 5.47. The summed E-state index contributed by atoms with van der Waals surface area (Å²) in [7, 11) is 0. The number of aryl methyl sites for hydroxylation is 2. The first kappa shape index (κ1) is 20.6. The van der Waals surface area contributed by atoms with E-state index in [0.29, 0.717) is 34.1 Å². The van der Waals surface area contributed by atoms with E-state index in [9.17, 15) is 9.59 Å². The minimum atomic E-state index is -0.454. The van der Waals surface area contributed by atoms with Crippen molar-refractivity contribution in [2.45, 2.75) is 33.6 Å². The molecule has 1 aliphatic heterocycles. The molecule has 0 saturated heterocycles. The quantitative estimate of drug-likeness (QED) is 0.288. The molecule has 0 fully saturated rings. The van der Waals surface area contributed by atoms with Gasteiger partial charge in [0.15, 0.2) is 5.76 Å². The van der Waals surface area contributed by atoms with Gasteiger partial charge in [-0.1, -0.05) is 55.8 Å². The summed E-state index contributed by atoms with van der Waals surface area (Å²) in [4.78, 5) is 25.3. The van der Waals surface area contributed by atoms with Gasteiger partial charge in [0.05, 0.1) is 11.1 Å². The van der Waals surface area contributed by atoms with E-state index in [1.54, 1.807) is 30.3 Å². The van der Waals surface area contributed by atoms with Crippen LogP contribution < -0.4 is 9.47 Å². The first-order chi connectivity index (χ1) is 14.8. The molecule has 0 amide bonds. The highest BCUT2D eigenvalue weighted by molar-refractivity contribution is 6.15. The lowest BCUT2D eigenvalue weighted by Crippen LogP contribution is -2.08. The fourth-order valence-corrected chi connectivity index (χ4v) is 3.52. The number of rotatable bonds is 4. The number of allylic oxidation sites excluding steroid dienone is 1. The molecule has 0 saturated carbocycles. The molecule has 0 unspecified atom stereocenters. The molecule has 4 rings (SSSR count). The molecule has 0 aromatic heterocycles. The lowest BCUT2D eigenvalue weighted by molar-refractivity contribution is 0.0734. The highest BCUT2D eigenvalue weighted by atomic mass is 16.5. The van der Waals surface area contributed by atoms with Gasteiger partial charge in [-0.25, -0.2) is 4.79 Å². The monoisotopic (exact) mass is 412 g/mol. The van der Waals surface area contributed by atoms with E-state index in [1.807, 2.05) is 38.1 Å². The van der Waals surface area contributed by atoms with Crippen LogP contribution in [0.1, 0.15) is 62.7 Å². The molecule has 0 spiro atoms. The van der Waals surface area contributed by atoms with Gasteiger partial charge in [-0.2, -0.15) is 0 Å². The van der Waals surface area contributed by atoms with Crippen molar-refractivity contribution < 1.29 is 19.1 Å². The highest BCUT2D eigenvalue weighted by Crippen LogP contribution is 2.37. The third-order valence-corrected chi connectivity index (χ3v) is 5.34. The SMILES string of the molecule is Cc1ccc(C(=O)Oc2cc(C)c3c(c2)O/C(=C\c2ccc(C(C)C)cc2)C3=O)cc1. The van der Waals surface area contributed by atoms with Gasteiger partial charge in [0.2, 0.25) is 5.78 Å². The topological polar surface area (TPSA) is 52.6 Å². The lowest BCUT2D eigenvalue weighted by Gasteiger charge is -2.08. The van der Waals surface area contributed by atoms with Gasteiger partial charge >= 0.3 is 5.97 Å². The van der Waals surface area contributed by atoms with Crippen molar-refractivity contribution >= 4 is 17.8 Å². The Morgan fingerprint density at radius 2 is 1.65 bits per heavy atom. The van der Waals surface area contributed by atoms with Crippen molar-refractivity contribution in [2.75, 3.05) is 0 Å². The molecule has 3 aromatic carbocycles. The van der Waals surface area contributed by atoms with Crippen molar-refractivity contribution in [3.8, 4) is 11.5 Å². The number of hydrogen-bond acceptors (Lipinski definition) is 4. The van der Waals surface area contributed by atoms with Gasteiger partial charge in [-0.3, -0.25) is 4.79 Å². The Morgan fingerprint density at radius 1 is 0.968 bits per heavy atom. The van der Waals surface area contributed by atoms with E-state index in [-0.39, 0.29) is 11.5 Å². The number of fused-ring (bicyclic) bond motifs is 1. The van der Waals surface area contributed by atoms with E-state index in [2.05, 4.69) is 26.0 Å². The predicted octanol–water partition coefficient (Wildman–Crippen LogP) is 6.26. The first-order valence-corrected chi connectivity index (χ1v) is 10.3. The Bertz CT molecular complexity index is 1180. The third kappa shape index (κ3) is 4.29. The Balaban J connectivity index is 1.57. The maximum atomic E-state index is 12.9. The molecule has 0 aliphatic carbocycles. The van der Waals surface area contributed by atoms with Crippen molar-refractivity contribution in [3.05, 3.63) is 99.8 Å². The predicted molar refractivity (Wildman–Crippen MR) is 121 cm³/mol. The molecule has 0 N–H and O–H groups in total. The van der Waals surface area contributed by atoms with Crippen LogP contribution in [0.15, 0.2) is 66.4 Å². The zero-order valence-corrected chi connectivity index (χ0v) is 18.1. The van der Waals surface area contributed by atoms with Crippen LogP contribution in [0.4, 0.5) is 0 Å². The summed E-state index contributed by atoms with van der Waals surface area (Å²) >= 11 is 0. The number of ether oxygens (including phenoxy) is 2. The van der Waals surface area contributed by atoms with Crippen LogP contribution in [-0.4, -0.2) is 11.8 Å². The van der Waals surface area contributed by atoms with Gasteiger partial charge in [0.1, 0.15) is 11.5 Å². The number of ketones is 1. The standard InChI is InChI=1S/C27H24O4/c1-16(2)20-11-7-19(8-12-20)14-24-26(28)25-18(4)13-22(15-23(25)31-24)30-27(29)21-9-5-17(3)6-10-21/h5-16H,1-4H3/b24-14-. The summed E-state index contributed by atoms with van der Waals surface area (Å²) in [6.07, 6.45) is 1.74. The number of Topliss-reactive ketones (excluding diaryl/α,β-unsaturated/α-hetero) is 1. The molecule has 1 aliphatic rings. The maximum absolute atomic E-state index is 12.9. The second kappa shape index (κ2) is 8.23. The molecule has 0 radical (unpaired) electrons. The number of hydrogen-bond donors (Lipinski definition) is 0. The molecule has 3 aromatic rings. The Morgan fingerprint density at radius 3 is 2.29 bits per heavy atom. The summed E-state index contributed by atoms with van der Waals surface area (Å²) in [5, 5.41) is 0. The molecule has 156 valence electrons. The normalized spacial score (nSPS) is 14.0. The van der Waals surface area contributed by atoms with Crippen LogP contribution in [0.2, 0.25) is 0 Å². The fourth-order valence-electron chi connectivity index (χ4n) is 3.52. The van der Waals surface area contributed by atoms with Crippen LogP contribution in [-0.2, 0) is 0 Å². The third-order valence-electron chi connectivity index (χ3n) is 5.34. The molecule has 4 nitrogen and oxygen atoms in total. The summed E-state index contributed by atoms with van der Waals surface area (Å²) in [6.45, 7) is 8.04. The summed E-state index contributed by atoms with van der Waals surface area (Å²) < 4.78 is 11.4. The van der Waals surface area contributed by atoms with E-state index in [1.165, 1.54) is 5.56 Å². The average Bonchev–Trinajstić information content (AvgIpc) is 3.04. The Labute approximate surface area is 182 Å². The summed E-state index contributed by atoms with van der Waals surface area (Å²) in [5.41, 5.74) is 4.86. The Hall–Kier alpha value is -3.66. The number of esters is 1. The largest absolute Gasteiger partial charge is 0.452 e. The van der Waals surface area contributed by atoms with E-state index >= 15 is 0 Å². The first-order valence-electron chi connectivity index (χ1n) is 10.3. The van der Waals surface area contributed by atoms with E-state index in [0.717, 1.165) is 11.1 Å². The van der Waals surface area contributed by atoms with E-state index < -0.39 is 5.97 Å². The molecular weight excluding hydrogens is 388 g/mol. The van der Waals surface area contributed by atoms with Gasteiger partial charge in [-0.05, 0) is 60.7 Å². The minimum absolute atomic E-state index is 0.170.